The molecule has 0 fully saturated rings. The van der Waals surface area contributed by atoms with Crippen molar-refractivity contribution in [1.82, 2.24) is 10.6 Å². The number of urea groups is 1. The average Bonchev–Trinajstić information content (AvgIpc) is 2.12. The van der Waals surface area contributed by atoms with Gasteiger partial charge in [-0.2, -0.15) is 0 Å². The molecule has 2 amide bonds. The fraction of sp³-hybridized carbons (Fsp3) is 0.750. The summed E-state index contributed by atoms with van der Waals surface area (Å²) in [6.07, 6.45) is 0.675. The molecule has 0 aromatic rings. The summed E-state index contributed by atoms with van der Waals surface area (Å²) in [7, 11) is 1.59. The van der Waals surface area contributed by atoms with Crippen molar-refractivity contribution < 1.29 is 19.4 Å². The first kappa shape index (κ1) is 12.7. The average molecular weight is 204 g/mol. The summed E-state index contributed by atoms with van der Waals surface area (Å²) in [6, 6.07) is -0.345. The molecular formula is C8H16N2O4. The summed E-state index contributed by atoms with van der Waals surface area (Å²) in [5.41, 5.74) is 0. The van der Waals surface area contributed by atoms with Gasteiger partial charge in [0, 0.05) is 26.8 Å². The van der Waals surface area contributed by atoms with Crippen molar-refractivity contribution in [3.8, 4) is 0 Å². The topological polar surface area (TPSA) is 87.7 Å². The highest BCUT2D eigenvalue weighted by molar-refractivity contribution is 5.74. The Hall–Kier alpha value is -1.30. The normalized spacial score (nSPS) is 9.50. The van der Waals surface area contributed by atoms with E-state index in [9.17, 15) is 9.59 Å². The summed E-state index contributed by atoms with van der Waals surface area (Å²) in [5, 5.41) is 13.3. The Bertz CT molecular complexity index is 184. The maximum atomic E-state index is 10.9. The van der Waals surface area contributed by atoms with Crippen molar-refractivity contribution in [3.63, 3.8) is 0 Å². The van der Waals surface area contributed by atoms with E-state index in [2.05, 4.69) is 10.6 Å². The van der Waals surface area contributed by atoms with Crippen molar-refractivity contribution in [2.75, 3.05) is 26.8 Å². The van der Waals surface area contributed by atoms with Crippen LogP contribution in [0.15, 0.2) is 0 Å². The van der Waals surface area contributed by atoms with Crippen LogP contribution in [0.3, 0.4) is 0 Å². The molecule has 0 rings (SSSR count). The van der Waals surface area contributed by atoms with Gasteiger partial charge in [-0.3, -0.25) is 4.79 Å². The van der Waals surface area contributed by atoms with E-state index >= 15 is 0 Å². The molecule has 0 aromatic heterocycles. The molecule has 0 unspecified atom stereocenters. The number of carboxylic acids is 1. The van der Waals surface area contributed by atoms with Crippen LogP contribution in [0, 0.1) is 0 Å². The predicted molar refractivity (Wildman–Crippen MR) is 50.1 cm³/mol. The van der Waals surface area contributed by atoms with Crippen LogP contribution in [0.2, 0.25) is 0 Å². The van der Waals surface area contributed by atoms with E-state index in [1.54, 1.807) is 7.11 Å². The molecule has 0 heterocycles. The van der Waals surface area contributed by atoms with Gasteiger partial charge in [0.25, 0.3) is 0 Å². The van der Waals surface area contributed by atoms with Crippen LogP contribution < -0.4 is 10.6 Å². The van der Waals surface area contributed by atoms with Crippen LogP contribution in [0.25, 0.3) is 0 Å². The minimum absolute atomic E-state index is 0.0640. The van der Waals surface area contributed by atoms with Crippen molar-refractivity contribution in [2.45, 2.75) is 12.8 Å². The summed E-state index contributed by atoms with van der Waals surface area (Å²) in [5.74, 6) is -0.926. The highest BCUT2D eigenvalue weighted by Crippen LogP contribution is 1.78. The van der Waals surface area contributed by atoms with Crippen LogP contribution in [0.4, 0.5) is 4.79 Å². The fourth-order valence-corrected chi connectivity index (χ4v) is 0.764. The van der Waals surface area contributed by atoms with Gasteiger partial charge in [0.2, 0.25) is 0 Å². The second-order valence-corrected chi connectivity index (χ2v) is 2.67. The second kappa shape index (κ2) is 8.31. The van der Waals surface area contributed by atoms with Gasteiger partial charge in [-0.1, -0.05) is 0 Å². The summed E-state index contributed by atoms with van der Waals surface area (Å²) >= 11 is 0. The molecule has 0 bridgehead atoms. The number of carbonyl (C=O) groups is 2. The first-order chi connectivity index (χ1) is 6.66. The molecule has 0 radical (unpaired) electrons. The molecule has 0 aromatic carbocycles. The summed E-state index contributed by atoms with van der Waals surface area (Å²) < 4.78 is 4.79. The first-order valence-electron chi connectivity index (χ1n) is 4.39. The zero-order valence-corrected chi connectivity index (χ0v) is 8.21. The summed E-state index contributed by atoms with van der Waals surface area (Å²) in [6.45, 7) is 1.26. The van der Waals surface area contributed by atoms with E-state index in [0.29, 0.717) is 13.2 Å². The number of carbonyl (C=O) groups excluding carboxylic acids is 1. The molecule has 0 atom stereocenters. The SMILES string of the molecule is COCCCNC(=O)NCCC(=O)O. The van der Waals surface area contributed by atoms with Gasteiger partial charge in [-0.05, 0) is 6.42 Å². The molecule has 0 saturated heterocycles. The van der Waals surface area contributed by atoms with Crippen molar-refractivity contribution >= 4 is 12.0 Å². The number of hydrogen-bond acceptors (Lipinski definition) is 3. The van der Waals surface area contributed by atoms with Crippen molar-refractivity contribution in [2.24, 2.45) is 0 Å². The molecule has 6 nitrogen and oxygen atoms in total. The van der Waals surface area contributed by atoms with Gasteiger partial charge in [0.15, 0.2) is 0 Å². The number of nitrogens with one attached hydrogen (secondary N) is 2. The van der Waals surface area contributed by atoms with E-state index in [1.807, 2.05) is 0 Å². The zero-order chi connectivity index (χ0) is 10.8. The van der Waals surface area contributed by atoms with Gasteiger partial charge in [0.05, 0.1) is 6.42 Å². The molecule has 0 aliphatic heterocycles. The Morgan fingerprint density at radius 2 is 1.93 bits per heavy atom. The van der Waals surface area contributed by atoms with Crippen molar-refractivity contribution in [1.29, 1.82) is 0 Å². The van der Waals surface area contributed by atoms with Crippen LogP contribution in [-0.2, 0) is 9.53 Å². The van der Waals surface area contributed by atoms with E-state index in [0.717, 1.165) is 6.42 Å². The van der Waals surface area contributed by atoms with Gasteiger partial charge < -0.3 is 20.5 Å². The largest absolute Gasteiger partial charge is 0.481 e. The molecule has 0 aliphatic carbocycles. The Morgan fingerprint density at radius 3 is 2.50 bits per heavy atom. The number of rotatable bonds is 7. The number of hydrogen-bond donors (Lipinski definition) is 3. The minimum atomic E-state index is -0.926. The van der Waals surface area contributed by atoms with Gasteiger partial charge in [-0.25, -0.2) is 4.79 Å². The molecule has 0 saturated carbocycles. The monoisotopic (exact) mass is 204 g/mol. The lowest BCUT2D eigenvalue weighted by Gasteiger charge is -2.05. The van der Waals surface area contributed by atoms with E-state index in [-0.39, 0.29) is 19.0 Å². The molecule has 3 N–H and O–H groups in total. The second-order valence-electron chi connectivity index (χ2n) is 2.67. The standard InChI is InChI=1S/C8H16N2O4/c1-14-6-2-4-9-8(13)10-5-3-7(11)12/h2-6H2,1H3,(H,11,12)(H2,9,10,13). The van der Waals surface area contributed by atoms with E-state index < -0.39 is 5.97 Å². The fourth-order valence-electron chi connectivity index (χ4n) is 0.764. The number of methoxy groups -OCH3 is 1. The van der Waals surface area contributed by atoms with Gasteiger partial charge >= 0.3 is 12.0 Å². The van der Waals surface area contributed by atoms with E-state index in [4.69, 9.17) is 9.84 Å². The van der Waals surface area contributed by atoms with Gasteiger partial charge in [-0.15, -0.1) is 0 Å². The van der Waals surface area contributed by atoms with Crippen LogP contribution in [-0.4, -0.2) is 43.9 Å². The minimum Gasteiger partial charge on any atom is -0.481 e. The lowest BCUT2D eigenvalue weighted by molar-refractivity contribution is -0.136. The lowest BCUT2D eigenvalue weighted by Crippen LogP contribution is -2.37. The maximum Gasteiger partial charge on any atom is 0.314 e. The lowest BCUT2D eigenvalue weighted by atomic mass is 10.4. The third kappa shape index (κ3) is 8.79. The van der Waals surface area contributed by atoms with Gasteiger partial charge in [0.1, 0.15) is 0 Å². The smallest absolute Gasteiger partial charge is 0.314 e. The third-order valence-electron chi connectivity index (χ3n) is 1.44. The molecule has 82 valence electrons. The summed E-state index contributed by atoms with van der Waals surface area (Å²) in [4.78, 5) is 21.0. The Labute approximate surface area is 82.6 Å². The molecular weight excluding hydrogens is 188 g/mol. The van der Waals surface area contributed by atoms with E-state index in [1.165, 1.54) is 0 Å². The highest BCUT2D eigenvalue weighted by Gasteiger charge is 2.00. The highest BCUT2D eigenvalue weighted by atomic mass is 16.5. The van der Waals surface area contributed by atoms with Crippen LogP contribution in [0.5, 0.6) is 0 Å². The van der Waals surface area contributed by atoms with Crippen LogP contribution in [0.1, 0.15) is 12.8 Å². The molecule has 14 heavy (non-hydrogen) atoms. The zero-order valence-electron chi connectivity index (χ0n) is 8.21. The predicted octanol–water partition coefficient (Wildman–Crippen LogP) is -0.203. The molecule has 0 spiro atoms. The number of carboxylic acid groups (broad SMARTS) is 1. The number of amides is 2. The Balaban J connectivity index is 3.24. The number of ether oxygens (including phenoxy) is 1. The molecule has 0 aliphatic rings. The maximum absolute atomic E-state index is 10.9. The molecule has 6 heteroatoms. The third-order valence-corrected chi connectivity index (χ3v) is 1.44. The van der Waals surface area contributed by atoms with Crippen molar-refractivity contribution in [3.05, 3.63) is 0 Å². The van der Waals surface area contributed by atoms with Crippen LogP contribution >= 0.6 is 0 Å². The quantitative estimate of drug-likeness (QED) is 0.501. The number of aliphatic carboxylic acids is 1. The Kier molecular flexibility index (Phi) is 7.53. The first-order valence-corrected chi connectivity index (χ1v) is 4.39. The Morgan fingerprint density at radius 1 is 1.29 bits per heavy atom.